The van der Waals surface area contributed by atoms with Gasteiger partial charge in [-0.25, -0.2) is 0 Å². The lowest BCUT2D eigenvalue weighted by atomic mass is 9.83. The van der Waals surface area contributed by atoms with E-state index in [9.17, 15) is 9.59 Å². The Labute approximate surface area is 120 Å². The summed E-state index contributed by atoms with van der Waals surface area (Å²) in [5, 5.41) is 0. The van der Waals surface area contributed by atoms with Crippen LogP contribution in [0.25, 0.3) is 0 Å². The van der Waals surface area contributed by atoms with Gasteiger partial charge in [-0.1, -0.05) is 44.2 Å². The fraction of sp³-hybridized carbons (Fsp3) is 0.500. The molecular weight excluding hydrogens is 256 g/mol. The second-order valence-electron chi connectivity index (χ2n) is 4.99. The van der Waals surface area contributed by atoms with E-state index < -0.39 is 11.8 Å². The molecule has 4 heteroatoms. The van der Waals surface area contributed by atoms with E-state index in [0.717, 1.165) is 5.56 Å². The summed E-state index contributed by atoms with van der Waals surface area (Å²) in [4.78, 5) is 23.6. The fourth-order valence-corrected chi connectivity index (χ4v) is 2.30. The molecule has 110 valence electrons. The highest BCUT2D eigenvalue weighted by Gasteiger charge is 2.33. The average Bonchev–Trinajstić information content (AvgIpc) is 2.50. The third-order valence-corrected chi connectivity index (χ3v) is 3.66. The van der Waals surface area contributed by atoms with E-state index in [1.165, 1.54) is 14.2 Å². The second-order valence-corrected chi connectivity index (χ2v) is 4.99. The first-order chi connectivity index (χ1) is 9.51. The molecule has 0 aliphatic carbocycles. The Bertz CT molecular complexity index is 441. The first-order valence-electron chi connectivity index (χ1n) is 6.71. The molecule has 0 radical (unpaired) electrons. The van der Waals surface area contributed by atoms with Crippen LogP contribution in [0.15, 0.2) is 30.3 Å². The quantitative estimate of drug-likeness (QED) is 0.751. The van der Waals surface area contributed by atoms with Crippen molar-refractivity contribution in [2.24, 2.45) is 11.8 Å². The highest BCUT2D eigenvalue weighted by atomic mass is 16.5. The number of carbonyl (C=O) groups is 2. The molecule has 0 fully saturated rings. The molecular formula is C16H22O4. The van der Waals surface area contributed by atoms with Gasteiger partial charge >= 0.3 is 11.9 Å². The highest BCUT2D eigenvalue weighted by Crippen LogP contribution is 2.29. The molecule has 4 nitrogen and oxygen atoms in total. The number of benzene rings is 1. The largest absolute Gasteiger partial charge is 0.469 e. The first kappa shape index (κ1) is 16.2. The van der Waals surface area contributed by atoms with Crippen molar-refractivity contribution in [2.75, 3.05) is 14.2 Å². The van der Waals surface area contributed by atoms with Gasteiger partial charge in [-0.3, -0.25) is 9.59 Å². The average molecular weight is 278 g/mol. The van der Waals surface area contributed by atoms with Crippen LogP contribution >= 0.6 is 0 Å². The van der Waals surface area contributed by atoms with Gasteiger partial charge in [0.2, 0.25) is 0 Å². The molecule has 0 aromatic heterocycles. The number of esters is 2. The zero-order valence-corrected chi connectivity index (χ0v) is 12.5. The Morgan fingerprint density at radius 1 is 1.00 bits per heavy atom. The van der Waals surface area contributed by atoms with Crippen LogP contribution < -0.4 is 0 Å². The molecule has 1 aromatic rings. The van der Waals surface area contributed by atoms with Crippen LogP contribution in [0.5, 0.6) is 0 Å². The van der Waals surface area contributed by atoms with Crippen molar-refractivity contribution in [3.8, 4) is 0 Å². The van der Waals surface area contributed by atoms with E-state index in [0.29, 0.717) is 6.42 Å². The first-order valence-corrected chi connectivity index (χ1v) is 6.71. The molecule has 0 aliphatic heterocycles. The maximum Gasteiger partial charge on any atom is 0.309 e. The molecule has 1 rings (SSSR count). The third kappa shape index (κ3) is 4.08. The topological polar surface area (TPSA) is 52.6 Å². The van der Waals surface area contributed by atoms with E-state index in [-0.39, 0.29) is 17.9 Å². The Morgan fingerprint density at radius 3 is 2.05 bits per heavy atom. The van der Waals surface area contributed by atoms with Crippen molar-refractivity contribution in [2.45, 2.75) is 26.2 Å². The maximum absolute atomic E-state index is 11.9. The molecule has 0 aliphatic rings. The minimum atomic E-state index is -0.515. The second kappa shape index (κ2) is 7.68. The SMILES string of the molecule is COC(=O)C(C)C(CC(C)c1ccccc1)C(=O)OC. The van der Waals surface area contributed by atoms with Gasteiger partial charge in [0.25, 0.3) is 0 Å². The summed E-state index contributed by atoms with van der Waals surface area (Å²) in [6, 6.07) is 9.90. The van der Waals surface area contributed by atoms with Gasteiger partial charge in [0.15, 0.2) is 0 Å². The number of ether oxygens (including phenoxy) is 2. The number of carbonyl (C=O) groups excluding carboxylic acids is 2. The number of hydrogen-bond acceptors (Lipinski definition) is 4. The van der Waals surface area contributed by atoms with Crippen molar-refractivity contribution in [3.63, 3.8) is 0 Å². The zero-order chi connectivity index (χ0) is 15.1. The van der Waals surface area contributed by atoms with E-state index in [1.54, 1.807) is 6.92 Å². The van der Waals surface area contributed by atoms with Crippen LogP contribution in [0.2, 0.25) is 0 Å². The summed E-state index contributed by atoms with van der Waals surface area (Å²) in [5.41, 5.74) is 1.14. The Balaban J connectivity index is 2.85. The van der Waals surface area contributed by atoms with Gasteiger partial charge in [0.1, 0.15) is 0 Å². The Morgan fingerprint density at radius 2 is 1.55 bits per heavy atom. The lowest BCUT2D eigenvalue weighted by Crippen LogP contribution is -2.30. The van der Waals surface area contributed by atoms with E-state index in [2.05, 4.69) is 0 Å². The molecule has 0 saturated heterocycles. The smallest absolute Gasteiger partial charge is 0.309 e. The number of rotatable bonds is 6. The van der Waals surface area contributed by atoms with Crippen molar-refractivity contribution in [3.05, 3.63) is 35.9 Å². The summed E-state index contributed by atoms with van der Waals surface area (Å²) in [7, 11) is 2.67. The highest BCUT2D eigenvalue weighted by molar-refractivity contribution is 5.81. The van der Waals surface area contributed by atoms with Crippen LogP contribution in [0.1, 0.15) is 31.7 Å². The van der Waals surface area contributed by atoms with Crippen LogP contribution in [0.4, 0.5) is 0 Å². The van der Waals surface area contributed by atoms with Gasteiger partial charge in [-0.15, -0.1) is 0 Å². The minimum Gasteiger partial charge on any atom is -0.469 e. The van der Waals surface area contributed by atoms with Crippen LogP contribution in [-0.4, -0.2) is 26.2 Å². The third-order valence-electron chi connectivity index (χ3n) is 3.66. The van der Waals surface area contributed by atoms with Crippen molar-refractivity contribution in [1.82, 2.24) is 0 Å². The molecule has 0 saturated carbocycles. The normalized spacial score (nSPS) is 15.0. The predicted molar refractivity (Wildman–Crippen MR) is 76.2 cm³/mol. The van der Waals surface area contributed by atoms with Crippen molar-refractivity contribution < 1.29 is 19.1 Å². The summed E-state index contributed by atoms with van der Waals surface area (Å²) >= 11 is 0. The lowest BCUT2D eigenvalue weighted by Gasteiger charge is -2.23. The molecule has 3 atom stereocenters. The van der Waals surface area contributed by atoms with Gasteiger partial charge in [-0.05, 0) is 17.9 Å². The van der Waals surface area contributed by atoms with Crippen molar-refractivity contribution in [1.29, 1.82) is 0 Å². The summed E-state index contributed by atoms with van der Waals surface area (Å²) in [6.07, 6.45) is 0.549. The Hall–Kier alpha value is -1.84. The Kier molecular flexibility index (Phi) is 6.22. The molecule has 20 heavy (non-hydrogen) atoms. The van der Waals surface area contributed by atoms with Gasteiger partial charge in [-0.2, -0.15) is 0 Å². The molecule has 0 heterocycles. The number of hydrogen-bond donors (Lipinski definition) is 0. The maximum atomic E-state index is 11.9. The standard InChI is InChI=1S/C16H22O4/c1-11(13-8-6-5-7-9-13)10-14(16(18)20-4)12(2)15(17)19-3/h5-9,11-12,14H,10H2,1-4H3. The van der Waals surface area contributed by atoms with Gasteiger partial charge in [0, 0.05) is 0 Å². The van der Waals surface area contributed by atoms with Gasteiger partial charge < -0.3 is 9.47 Å². The van der Waals surface area contributed by atoms with Crippen molar-refractivity contribution >= 4 is 11.9 Å². The molecule has 0 N–H and O–H groups in total. The summed E-state index contributed by atoms with van der Waals surface area (Å²) in [6.45, 7) is 3.74. The summed E-state index contributed by atoms with van der Waals surface area (Å²) < 4.78 is 9.55. The van der Waals surface area contributed by atoms with Crippen LogP contribution in [0, 0.1) is 11.8 Å². The van der Waals surface area contributed by atoms with E-state index >= 15 is 0 Å². The lowest BCUT2D eigenvalue weighted by molar-refractivity contribution is -0.157. The van der Waals surface area contributed by atoms with Crippen LogP contribution in [0.3, 0.4) is 0 Å². The summed E-state index contributed by atoms with van der Waals surface area (Å²) in [5.74, 6) is -1.61. The molecule has 0 spiro atoms. The molecule has 3 unspecified atom stereocenters. The fourth-order valence-electron chi connectivity index (χ4n) is 2.30. The number of methoxy groups -OCH3 is 2. The zero-order valence-electron chi connectivity index (χ0n) is 12.5. The van der Waals surface area contributed by atoms with E-state index in [4.69, 9.17) is 9.47 Å². The molecule has 0 amide bonds. The molecule has 1 aromatic carbocycles. The van der Waals surface area contributed by atoms with E-state index in [1.807, 2.05) is 37.3 Å². The predicted octanol–water partition coefficient (Wildman–Crippen LogP) is 2.78. The molecule has 0 bridgehead atoms. The minimum absolute atomic E-state index is 0.160. The monoisotopic (exact) mass is 278 g/mol. The van der Waals surface area contributed by atoms with Gasteiger partial charge in [0.05, 0.1) is 26.1 Å². The van der Waals surface area contributed by atoms with Crippen LogP contribution in [-0.2, 0) is 19.1 Å².